The van der Waals surface area contributed by atoms with Crippen LogP contribution < -0.4 is 5.73 Å². The Balaban J connectivity index is 2.08. The molecule has 94 valence electrons. The lowest BCUT2D eigenvalue weighted by Crippen LogP contribution is -2.10. The van der Waals surface area contributed by atoms with Crippen molar-refractivity contribution < 1.29 is 0 Å². The van der Waals surface area contributed by atoms with Gasteiger partial charge in [0.05, 0.1) is 0 Å². The minimum Gasteiger partial charge on any atom is -0.326 e. The summed E-state index contributed by atoms with van der Waals surface area (Å²) in [7, 11) is 0. The molecule has 0 unspecified atom stereocenters. The minimum atomic E-state index is 0.663. The van der Waals surface area contributed by atoms with Crippen LogP contribution in [0.1, 0.15) is 49.1 Å². The standard InChI is InChI=1S/C17H21N/c18-12-16-10-14-8-4-5-9-15(14)11-17(16)13-6-2-1-3-7-13/h4-5,8-11,13H,1-3,6-7,12,18H2. The summed E-state index contributed by atoms with van der Waals surface area (Å²) in [5.74, 6) is 0.738. The Bertz CT molecular complexity index is 538. The van der Waals surface area contributed by atoms with Crippen molar-refractivity contribution in [3.63, 3.8) is 0 Å². The van der Waals surface area contributed by atoms with Gasteiger partial charge in [-0.2, -0.15) is 0 Å². The lowest BCUT2D eigenvalue weighted by atomic mass is 9.81. The molecule has 1 fully saturated rings. The van der Waals surface area contributed by atoms with E-state index >= 15 is 0 Å². The normalized spacial score (nSPS) is 17.2. The molecule has 0 aromatic heterocycles. The largest absolute Gasteiger partial charge is 0.326 e. The highest BCUT2D eigenvalue weighted by Crippen LogP contribution is 2.36. The Morgan fingerprint density at radius 1 is 0.944 bits per heavy atom. The van der Waals surface area contributed by atoms with Gasteiger partial charge in [0.1, 0.15) is 0 Å². The van der Waals surface area contributed by atoms with Gasteiger partial charge in [-0.25, -0.2) is 0 Å². The molecule has 1 saturated carbocycles. The minimum absolute atomic E-state index is 0.663. The van der Waals surface area contributed by atoms with Gasteiger partial charge < -0.3 is 5.73 Å². The Labute approximate surface area is 109 Å². The molecule has 0 spiro atoms. The Morgan fingerprint density at radius 3 is 2.28 bits per heavy atom. The van der Waals surface area contributed by atoms with Gasteiger partial charge >= 0.3 is 0 Å². The predicted octanol–water partition coefficient (Wildman–Crippen LogP) is 4.35. The van der Waals surface area contributed by atoms with Gasteiger partial charge in [-0.15, -0.1) is 0 Å². The summed E-state index contributed by atoms with van der Waals surface area (Å²) in [6.45, 7) is 0.663. The van der Waals surface area contributed by atoms with E-state index in [1.807, 2.05) is 0 Å². The average Bonchev–Trinajstić information content (AvgIpc) is 2.46. The van der Waals surface area contributed by atoms with Crippen LogP contribution in [0.5, 0.6) is 0 Å². The van der Waals surface area contributed by atoms with E-state index in [9.17, 15) is 0 Å². The molecular weight excluding hydrogens is 218 g/mol. The SMILES string of the molecule is NCc1cc2ccccc2cc1C1CCCCC1. The highest BCUT2D eigenvalue weighted by molar-refractivity contribution is 5.84. The van der Waals surface area contributed by atoms with Crippen LogP contribution in [0.15, 0.2) is 36.4 Å². The monoisotopic (exact) mass is 239 g/mol. The number of hydrogen-bond acceptors (Lipinski definition) is 1. The average molecular weight is 239 g/mol. The molecule has 2 aromatic carbocycles. The topological polar surface area (TPSA) is 26.0 Å². The highest BCUT2D eigenvalue weighted by Gasteiger charge is 2.18. The van der Waals surface area contributed by atoms with Gasteiger partial charge in [-0.1, -0.05) is 49.6 Å². The van der Waals surface area contributed by atoms with E-state index in [1.165, 1.54) is 54.0 Å². The second kappa shape index (κ2) is 5.11. The Morgan fingerprint density at radius 2 is 1.61 bits per heavy atom. The zero-order valence-corrected chi connectivity index (χ0v) is 10.9. The fourth-order valence-corrected chi connectivity index (χ4v) is 3.28. The van der Waals surface area contributed by atoms with Gasteiger partial charge in [0, 0.05) is 6.54 Å². The van der Waals surface area contributed by atoms with E-state index in [2.05, 4.69) is 36.4 Å². The zero-order valence-electron chi connectivity index (χ0n) is 10.9. The molecule has 2 N–H and O–H groups in total. The van der Waals surface area contributed by atoms with Crippen molar-refractivity contribution in [3.05, 3.63) is 47.5 Å². The first kappa shape index (κ1) is 11.7. The molecule has 1 nitrogen and oxygen atoms in total. The molecule has 1 heteroatoms. The molecule has 0 atom stereocenters. The van der Waals surface area contributed by atoms with Crippen LogP contribution in [0.25, 0.3) is 10.8 Å². The number of benzene rings is 2. The van der Waals surface area contributed by atoms with Crippen LogP contribution in [-0.4, -0.2) is 0 Å². The van der Waals surface area contributed by atoms with E-state index in [1.54, 1.807) is 0 Å². The summed E-state index contributed by atoms with van der Waals surface area (Å²) < 4.78 is 0. The van der Waals surface area contributed by atoms with E-state index in [0.29, 0.717) is 6.54 Å². The van der Waals surface area contributed by atoms with E-state index < -0.39 is 0 Å². The van der Waals surface area contributed by atoms with E-state index in [4.69, 9.17) is 5.73 Å². The van der Waals surface area contributed by atoms with Crippen LogP contribution >= 0.6 is 0 Å². The van der Waals surface area contributed by atoms with Crippen LogP contribution in [-0.2, 0) is 6.54 Å². The number of fused-ring (bicyclic) bond motifs is 1. The molecule has 18 heavy (non-hydrogen) atoms. The van der Waals surface area contributed by atoms with Gasteiger partial charge in [-0.3, -0.25) is 0 Å². The Kier molecular flexibility index (Phi) is 3.33. The third-order valence-electron chi connectivity index (χ3n) is 4.27. The van der Waals surface area contributed by atoms with Gasteiger partial charge in [-0.05, 0) is 46.7 Å². The molecule has 0 saturated heterocycles. The molecule has 0 radical (unpaired) electrons. The number of rotatable bonds is 2. The molecule has 0 amide bonds. The summed E-state index contributed by atoms with van der Waals surface area (Å²) in [6.07, 6.45) is 6.84. The quantitative estimate of drug-likeness (QED) is 0.828. The fraction of sp³-hybridized carbons (Fsp3) is 0.412. The Hall–Kier alpha value is -1.34. The third-order valence-corrected chi connectivity index (χ3v) is 4.27. The zero-order chi connectivity index (χ0) is 12.4. The molecule has 2 aromatic rings. The highest BCUT2D eigenvalue weighted by atomic mass is 14.5. The molecular formula is C17H21N. The van der Waals surface area contributed by atoms with Gasteiger partial charge in [0.2, 0.25) is 0 Å². The van der Waals surface area contributed by atoms with Gasteiger partial charge in [0.15, 0.2) is 0 Å². The van der Waals surface area contributed by atoms with Crippen LogP contribution in [0, 0.1) is 0 Å². The summed E-state index contributed by atoms with van der Waals surface area (Å²) in [5.41, 5.74) is 8.81. The maximum absolute atomic E-state index is 5.95. The summed E-state index contributed by atoms with van der Waals surface area (Å²) in [6, 6.07) is 13.3. The molecule has 0 bridgehead atoms. The summed E-state index contributed by atoms with van der Waals surface area (Å²) in [4.78, 5) is 0. The van der Waals surface area contributed by atoms with E-state index in [0.717, 1.165) is 5.92 Å². The van der Waals surface area contributed by atoms with Crippen molar-refractivity contribution in [2.45, 2.75) is 44.6 Å². The van der Waals surface area contributed by atoms with Crippen molar-refractivity contribution >= 4 is 10.8 Å². The molecule has 0 heterocycles. The second-order valence-corrected chi connectivity index (χ2v) is 5.44. The van der Waals surface area contributed by atoms with Gasteiger partial charge in [0.25, 0.3) is 0 Å². The van der Waals surface area contributed by atoms with E-state index in [-0.39, 0.29) is 0 Å². The third kappa shape index (κ3) is 2.15. The first-order chi connectivity index (χ1) is 8.88. The maximum atomic E-state index is 5.95. The number of hydrogen-bond donors (Lipinski definition) is 1. The van der Waals surface area contributed by atoms with Crippen LogP contribution in [0.4, 0.5) is 0 Å². The molecule has 0 aliphatic heterocycles. The lowest BCUT2D eigenvalue weighted by molar-refractivity contribution is 0.442. The van der Waals surface area contributed by atoms with Crippen molar-refractivity contribution in [3.8, 4) is 0 Å². The molecule has 1 aliphatic carbocycles. The van der Waals surface area contributed by atoms with Crippen molar-refractivity contribution in [1.29, 1.82) is 0 Å². The van der Waals surface area contributed by atoms with Crippen LogP contribution in [0.2, 0.25) is 0 Å². The first-order valence-corrected chi connectivity index (χ1v) is 7.10. The van der Waals surface area contributed by atoms with Crippen molar-refractivity contribution in [1.82, 2.24) is 0 Å². The summed E-state index contributed by atoms with van der Waals surface area (Å²) >= 11 is 0. The van der Waals surface area contributed by atoms with Crippen molar-refractivity contribution in [2.75, 3.05) is 0 Å². The lowest BCUT2D eigenvalue weighted by Gasteiger charge is -2.24. The molecule has 1 aliphatic rings. The van der Waals surface area contributed by atoms with Crippen molar-refractivity contribution in [2.24, 2.45) is 5.73 Å². The fourth-order valence-electron chi connectivity index (χ4n) is 3.28. The summed E-state index contributed by atoms with van der Waals surface area (Å²) in [5, 5.41) is 2.67. The second-order valence-electron chi connectivity index (χ2n) is 5.44. The predicted molar refractivity (Wildman–Crippen MR) is 77.7 cm³/mol. The smallest absolute Gasteiger partial charge is 0.0181 e. The first-order valence-electron chi connectivity index (χ1n) is 7.10. The van der Waals surface area contributed by atoms with Crippen LogP contribution in [0.3, 0.4) is 0 Å². The maximum Gasteiger partial charge on any atom is 0.0181 e. The molecule has 3 rings (SSSR count). The number of nitrogens with two attached hydrogens (primary N) is 1.